The van der Waals surface area contributed by atoms with Crippen LogP contribution in [0.25, 0.3) is 11.3 Å². The molecule has 1 fully saturated rings. The van der Waals surface area contributed by atoms with Crippen molar-refractivity contribution in [2.24, 2.45) is 10.4 Å². The highest BCUT2D eigenvalue weighted by Gasteiger charge is 2.33. The van der Waals surface area contributed by atoms with Crippen molar-refractivity contribution >= 4 is 29.9 Å². The lowest BCUT2D eigenvalue weighted by atomic mass is 9.83. The molecule has 6 nitrogen and oxygen atoms in total. The van der Waals surface area contributed by atoms with E-state index in [4.69, 9.17) is 9.73 Å². The number of nitrogens with one attached hydrogen (secondary N) is 2. The van der Waals surface area contributed by atoms with Gasteiger partial charge in [-0.1, -0.05) is 43.2 Å². The Morgan fingerprint density at radius 1 is 1.27 bits per heavy atom. The molecule has 0 spiro atoms. The van der Waals surface area contributed by atoms with Crippen molar-refractivity contribution in [1.82, 2.24) is 20.2 Å². The quantitative estimate of drug-likeness (QED) is 0.283. The van der Waals surface area contributed by atoms with E-state index in [0.29, 0.717) is 12.0 Å². The van der Waals surface area contributed by atoms with Crippen LogP contribution in [0.2, 0.25) is 0 Å². The standard InChI is InChI=1S/C23H35N5O.HI/c1-4-24-22(26-18-23(14-15-29-3)12-8-9-13-23)28(2)17-21-25-16-20(27-21)19-10-6-5-7-11-19;/h5-7,10-11,16H,4,8-9,12-15,17-18H2,1-3H3,(H,24,26)(H,25,27);1H. The average molecular weight is 525 g/mol. The fourth-order valence-corrected chi connectivity index (χ4v) is 4.15. The number of aromatic nitrogens is 2. The Hall–Kier alpha value is -1.61. The first-order chi connectivity index (χ1) is 14.2. The van der Waals surface area contributed by atoms with Gasteiger partial charge in [0.05, 0.1) is 18.4 Å². The second-order valence-electron chi connectivity index (χ2n) is 8.09. The number of rotatable bonds is 9. The minimum absolute atomic E-state index is 0. The van der Waals surface area contributed by atoms with E-state index < -0.39 is 0 Å². The second-order valence-corrected chi connectivity index (χ2v) is 8.09. The van der Waals surface area contributed by atoms with Crippen LogP contribution >= 0.6 is 24.0 Å². The first-order valence-electron chi connectivity index (χ1n) is 10.7. The number of ether oxygens (including phenoxy) is 1. The number of aromatic amines is 1. The fraction of sp³-hybridized carbons (Fsp3) is 0.565. The molecule has 166 valence electrons. The Kier molecular flexibility index (Phi) is 10.1. The van der Waals surface area contributed by atoms with Crippen LogP contribution in [-0.4, -0.2) is 54.7 Å². The molecule has 0 amide bonds. The van der Waals surface area contributed by atoms with Gasteiger partial charge in [-0.3, -0.25) is 4.99 Å². The van der Waals surface area contributed by atoms with Crippen LogP contribution in [0.4, 0.5) is 0 Å². The summed E-state index contributed by atoms with van der Waals surface area (Å²) in [7, 11) is 3.86. The van der Waals surface area contributed by atoms with Gasteiger partial charge in [0, 0.05) is 33.9 Å². The summed E-state index contributed by atoms with van der Waals surface area (Å²) in [6, 6.07) is 10.3. The highest BCUT2D eigenvalue weighted by Crippen LogP contribution is 2.41. The molecule has 0 saturated heterocycles. The van der Waals surface area contributed by atoms with Crippen molar-refractivity contribution in [2.75, 3.05) is 33.9 Å². The number of benzene rings is 1. The van der Waals surface area contributed by atoms with E-state index in [1.807, 2.05) is 24.4 Å². The maximum absolute atomic E-state index is 5.36. The maximum Gasteiger partial charge on any atom is 0.194 e. The summed E-state index contributed by atoms with van der Waals surface area (Å²) < 4.78 is 5.36. The predicted octanol–water partition coefficient (Wildman–Crippen LogP) is 4.69. The van der Waals surface area contributed by atoms with Crippen LogP contribution in [0, 0.1) is 5.41 Å². The number of hydrogen-bond donors (Lipinski definition) is 2. The van der Waals surface area contributed by atoms with Gasteiger partial charge in [-0.2, -0.15) is 0 Å². The maximum atomic E-state index is 5.36. The van der Waals surface area contributed by atoms with Gasteiger partial charge >= 0.3 is 0 Å². The Morgan fingerprint density at radius 2 is 2.00 bits per heavy atom. The smallest absolute Gasteiger partial charge is 0.194 e. The zero-order valence-corrected chi connectivity index (χ0v) is 20.8. The zero-order valence-electron chi connectivity index (χ0n) is 18.5. The Labute approximate surface area is 197 Å². The summed E-state index contributed by atoms with van der Waals surface area (Å²) >= 11 is 0. The van der Waals surface area contributed by atoms with E-state index in [2.05, 4.69) is 46.3 Å². The molecule has 30 heavy (non-hydrogen) atoms. The van der Waals surface area contributed by atoms with Gasteiger partial charge in [0.25, 0.3) is 0 Å². The van der Waals surface area contributed by atoms with E-state index in [1.54, 1.807) is 7.11 Å². The first-order valence-corrected chi connectivity index (χ1v) is 10.7. The third-order valence-corrected chi connectivity index (χ3v) is 5.86. The topological polar surface area (TPSA) is 65.5 Å². The largest absolute Gasteiger partial charge is 0.385 e. The Balaban J connectivity index is 0.00000320. The molecular formula is C23H36IN5O. The van der Waals surface area contributed by atoms with Crippen LogP contribution in [0.15, 0.2) is 41.5 Å². The number of H-pyrrole nitrogens is 1. The normalized spacial score (nSPS) is 15.6. The molecule has 0 bridgehead atoms. The zero-order chi connectivity index (χ0) is 20.5. The Bertz CT molecular complexity index is 771. The van der Waals surface area contributed by atoms with E-state index in [0.717, 1.165) is 49.2 Å². The number of guanidine groups is 1. The highest BCUT2D eigenvalue weighted by molar-refractivity contribution is 14.0. The van der Waals surface area contributed by atoms with Gasteiger partial charge in [-0.05, 0) is 37.2 Å². The van der Waals surface area contributed by atoms with Gasteiger partial charge in [-0.25, -0.2) is 4.98 Å². The second kappa shape index (κ2) is 12.3. The van der Waals surface area contributed by atoms with E-state index in [1.165, 1.54) is 25.7 Å². The molecule has 0 radical (unpaired) electrons. The molecule has 3 rings (SSSR count). The lowest BCUT2D eigenvalue weighted by Crippen LogP contribution is -2.39. The van der Waals surface area contributed by atoms with Gasteiger partial charge in [-0.15, -0.1) is 24.0 Å². The number of nitrogens with zero attached hydrogens (tertiary/aromatic N) is 3. The number of imidazole rings is 1. The molecule has 1 aromatic heterocycles. The lowest BCUT2D eigenvalue weighted by Gasteiger charge is -2.28. The SMILES string of the molecule is CCNC(=NCC1(CCOC)CCCC1)N(C)Cc1ncc(-c2ccccc2)[nH]1.I. The lowest BCUT2D eigenvalue weighted by molar-refractivity contribution is 0.141. The molecule has 2 aromatic rings. The molecule has 1 aliphatic carbocycles. The van der Waals surface area contributed by atoms with Crippen LogP contribution in [0.1, 0.15) is 44.9 Å². The van der Waals surface area contributed by atoms with Crippen molar-refractivity contribution in [3.05, 3.63) is 42.4 Å². The summed E-state index contributed by atoms with van der Waals surface area (Å²) in [4.78, 5) is 15.2. The molecule has 0 atom stereocenters. The summed E-state index contributed by atoms with van der Waals surface area (Å²) in [5.74, 6) is 1.88. The molecule has 0 unspecified atom stereocenters. The van der Waals surface area contributed by atoms with Gasteiger partial charge in [0.1, 0.15) is 5.82 Å². The summed E-state index contributed by atoms with van der Waals surface area (Å²) in [6.07, 6.45) is 8.11. The van der Waals surface area contributed by atoms with Crippen LogP contribution in [-0.2, 0) is 11.3 Å². The molecular weight excluding hydrogens is 489 g/mol. The van der Waals surface area contributed by atoms with Crippen LogP contribution in [0.3, 0.4) is 0 Å². The minimum Gasteiger partial charge on any atom is -0.385 e. The molecule has 1 aliphatic rings. The van der Waals surface area contributed by atoms with Crippen molar-refractivity contribution in [2.45, 2.75) is 45.6 Å². The van der Waals surface area contributed by atoms with E-state index in [-0.39, 0.29) is 24.0 Å². The van der Waals surface area contributed by atoms with Gasteiger partial charge < -0.3 is 19.9 Å². The van der Waals surface area contributed by atoms with Crippen molar-refractivity contribution in [3.8, 4) is 11.3 Å². The van der Waals surface area contributed by atoms with Crippen LogP contribution in [0.5, 0.6) is 0 Å². The highest BCUT2D eigenvalue weighted by atomic mass is 127. The van der Waals surface area contributed by atoms with Gasteiger partial charge in [0.2, 0.25) is 0 Å². The number of halogens is 1. The van der Waals surface area contributed by atoms with Crippen molar-refractivity contribution < 1.29 is 4.74 Å². The number of hydrogen-bond acceptors (Lipinski definition) is 3. The van der Waals surface area contributed by atoms with Crippen molar-refractivity contribution in [1.29, 1.82) is 0 Å². The third-order valence-electron chi connectivity index (χ3n) is 5.86. The summed E-state index contributed by atoms with van der Waals surface area (Å²) in [5.41, 5.74) is 2.49. The van der Waals surface area contributed by atoms with E-state index >= 15 is 0 Å². The molecule has 1 heterocycles. The van der Waals surface area contributed by atoms with Crippen LogP contribution < -0.4 is 5.32 Å². The van der Waals surface area contributed by atoms with Crippen molar-refractivity contribution in [3.63, 3.8) is 0 Å². The molecule has 1 aromatic carbocycles. The number of methoxy groups -OCH3 is 1. The Morgan fingerprint density at radius 3 is 2.67 bits per heavy atom. The fourth-order valence-electron chi connectivity index (χ4n) is 4.15. The molecule has 7 heteroatoms. The summed E-state index contributed by atoms with van der Waals surface area (Å²) in [5, 5.41) is 3.44. The first kappa shape index (κ1) is 24.7. The summed E-state index contributed by atoms with van der Waals surface area (Å²) in [6.45, 7) is 5.32. The minimum atomic E-state index is 0. The monoisotopic (exact) mass is 525 g/mol. The molecule has 0 aliphatic heterocycles. The van der Waals surface area contributed by atoms with Gasteiger partial charge in [0.15, 0.2) is 5.96 Å². The van der Waals surface area contributed by atoms with E-state index in [9.17, 15) is 0 Å². The molecule has 2 N–H and O–H groups in total. The molecule has 1 saturated carbocycles. The predicted molar refractivity (Wildman–Crippen MR) is 134 cm³/mol. The third kappa shape index (κ3) is 6.70. The average Bonchev–Trinajstić information content (AvgIpc) is 3.40. The number of aliphatic imine (C=N–C) groups is 1.